The standard InChI is InChI=1S/C16H14O3/c1-15(2,9-17)16(19)12-8-4-6-10-5-3-7-11(13(10)12)14(16)18/h3-9,19H,1-2H3. The normalized spacial score (nSPS) is 21.9. The fraction of sp³-hybridized carbons (Fsp3) is 0.250. The molecule has 0 radical (unpaired) electrons. The van der Waals surface area contributed by atoms with E-state index in [1.807, 2.05) is 12.1 Å². The minimum Gasteiger partial charge on any atom is -0.376 e. The maximum Gasteiger partial charge on any atom is 0.200 e. The maximum atomic E-state index is 12.6. The quantitative estimate of drug-likeness (QED) is 0.837. The lowest BCUT2D eigenvalue weighted by Gasteiger charge is -2.34. The van der Waals surface area contributed by atoms with Crippen LogP contribution in [0.2, 0.25) is 0 Å². The number of Topliss-reactive ketones (excluding diaryl/α,β-unsaturated/α-hetero) is 1. The molecule has 0 aromatic heterocycles. The Kier molecular flexibility index (Phi) is 2.23. The largest absolute Gasteiger partial charge is 0.376 e. The summed E-state index contributed by atoms with van der Waals surface area (Å²) in [5.41, 5.74) is -1.93. The summed E-state index contributed by atoms with van der Waals surface area (Å²) in [5.74, 6) is -0.392. The minimum absolute atomic E-state index is 0.392. The molecule has 1 N–H and O–H groups in total. The Bertz CT molecular complexity index is 710. The summed E-state index contributed by atoms with van der Waals surface area (Å²) in [6.45, 7) is 3.17. The second-order valence-electron chi connectivity index (χ2n) is 5.59. The van der Waals surface area contributed by atoms with Gasteiger partial charge in [-0.25, -0.2) is 0 Å². The highest BCUT2D eigenvalue weighted by atomic mass is 16.3. The number of benzene rings is 2. The van der Waals surface area contributed by atoms with Crippen molar-refractivity contribution < 1.29 is 14.7 Å². The maximum absolute atomic E-state index is 12.6. The first kappa shape index (κ1) is 12.1. The number of carbonyl (C=O) groups excluding carboxylic acids is 2. The van der Waals surface area contributed by atoms with Crippen molar-refractivity contribution in [3.8, 4) is 0 Å². The van der Waals surface area contributed by atoms with Gasteiger partial charge in [-0.1, -0.05) is 36.4 Å². The molecule has 1 aliphatic rings. The van der Waals surface area contributed by atoms with Crippen LogP contribution in [-0.2, 0) is 10.4 Å². The Balaban J connectivity index is 2.45. The monoisotopic (exact) mass is 254 g/mol. The molecule has 2 aromatic rings. The van der Waals surface area contributed by atoms with Crippen molar-refractivity contribution in [1.29, 1.82) is 0 Å². The second-order valence-corrected chi connectivity index (χ2v) is 5.59. The van der Waals surface area contributed by atoms with Crippen molar-refractivity contribution in [2.45, 2.75) is 19.4 Å². The number of aliphatic hydroxyl groups is 1. The van der Waals surface area contributed by atoms with Crippen molar-refractivity contribution in [3.05, 3.63) is 47.5 Å². The summed E-state index contributed by atoms with van der Waals surface area (Å²) in [6, 6.07) is 10.8. The zero-order valence-corrected chi connectivity index (χ0v) is 10.8. The van der Waals surface area contributed by atoms with Gasteiger partial charge in [0, 0.05) is 11.1 Å². The molecule has 3 rings (SSSR count). The molecular formula is C16H14O3. The highest BCUT2D eigenvalue weighted by molar-refractivity contribution is 6.20. The van der Waals surface area contributed by atoms with Crippen LogP contribution in [0.3, 0.4) is 0 Å². The van der Waals surface area contributed by atoms with Crippen LogP contribution < -0.4 is 0 Å². The first-order chi connectivity index (χ1) is 8.93. The van der Waals surface area contributed by atoms with Crippen LogP contribution in [-0.4, -0.2) is 17.2 Å². The predicted molar refractivity (Wildman–Crippen MR) is 72.0 cm³/mol. The molecule has 0 bridgehead atoms. The summed E-state index contributed by atoms with van der Waals surface area (Å²) < 4.78 is 0. The van der Waals surface area contributed by atoms with Gasteiger partial charge in [-0.2, -0.15) is 0 Å². The van der Waals surface area contributed by atoms with Crippen LogP contribution in [0.5, 0.6) is 0 Å². The van der Waals surface area contributed by atoms with Crippen molar-refractivity contribution in [1.82, 2.24) is 0 Å². The van der Waals surface area contributed by atoms with E-state index in [4.69, 9.17) is 0 Å². The van der Waals surface area contributed by atoms with Crippen molar-refractivity contribution in [2.75, 3.05) is 0 Å². The van der Waals surface area contributed by atoms with Gasteiger partial charge in [-0.05, 0) is 24.6 Å². The molecule has 2 aromatic carbocycles. The third kappa shape index (κ3) is 1.25. The highest BCUT2D eigenvalue weighted by Gasteiger charge is 2.55. The van der Waals surface area contributed by atoms with Gasteiger partial charge in [-0.3, -0.25) is 4.79 Å². The number of hydrogen-bond donors (Lipinski definition) is 1. The van der Waals surface area contributed by atoms with Gasteiger partial charge in [0.25, 0.3) is 0 Å². The predicted octanol–water partition coefficient (Wildman–Crippen LogP) is 2.45. The Morgan fingerprint density at radius 3 is 2.42 bits per heavy atom. The smallest absolute Gasteiger partial charge is 0.200 e. The first-order valence-corrected chi connectivity index (χ1v) is 6.19. The van der Waals surface area contributed by atoms with Crippen LogP contribution >= 0.6 is 0 Å². The molecule has 0 saturated heterocycles. The van der Waals surface area contributed by atoms with Gasteiger partial charge in [0.2, 0.25) is 5.78 Å². The lowest BCUT2D eigenvalue weighted by Crippen LogP contribution is -2.47. The van der Waals surface area contributed by atoms with Gasteiger partial charge in [0.1, 0.15) is 6.29 Å². The summed E-state index contributed by atoms with van der Waals surface area (Å²) in [7, 11) is 0. The fourth-order valence-corrected chi connectivity index (χ4v) is 2.87. The molecule has 1 aliphatic carbocycles. The topological polar surface area (TPSA) is 54.4 Å². The van der Waals surface area contributed by atoms with Gasteiger partial charge >= 0.3 is 0 Å². The Labute approximate surface area is 110 Å². The van der Waals surface area contributed by atoms with E-state index in [2.05, 4.69) is 0 Å². The fourth-order valence-electron chi connectivity index (χ4n) is 2.87. The summed E-state index contributed by atoms with van der Waals surface area (Å²) in [5, 5.41) is 12.6. The summed E-state index contributed by atoms with van der Waals surface area (Å²) >= 11 is 0. The highest BCUT2D eigenvalue weighted by Crippen LogP contribution is 2.49. The van der Waals surface area contributed by atoms with E-state index >= 15 is 0 Å². The third-order valence-corrected chi connectivity index (χ3v) is 4.09. The van der Waals surface area contributed by atoms with Gasteiger partial charge in [0.05, 0.1) is 5.41 Å². The van der Waals surface area contributed by atoms with E-state index < -0.39 is 16.8 Å². The Hall–Kier alpha value is -2.00. The lowest BCUT2D eigenvalue weighted by molar-refractivity contribution is -0.126. The van der Waals surface area contributed by atoms with E-state index in [1.165, 1.54) is 0 Å². The third-order valence-electron chi connectivity index (χ3n) is 4.09. The number of carbonyl (C=O) groups is 2. The number of hydrogen-bond acceptors (Lipinski definition) is 3. The molecule has 19 heavy (non-hydrogen) atoms. The average Bonchev–Trinajstić information content (AvgIpc) is 2.65. The lowest BCUT2D eigenvalue weighted by atomic mass is 9.71. The average molecular weight is 254 g/mol. The van der Waals surface area contributed by atoms with Crippen LogP contribution in [0, 0.1) is 5.41 Å². The molecule has 96 valence electrons. The van der Waals surface area contributed by atoms with Crippen LogP contribution in [0.25, 0.3) is 10.8 Å². The van der Waals surface area contributed by atoms with Gasteiger partial charge in [-0.15, -0.1) is 0 Å². The zero-order valence-electron chi connectivity index (χ0n) is 10.8. The molecule has 0 amide bonds. The molecule has 0 aliphatic heterocycles. The number of aldehydes is 1. The SMILES string of the molecule is CC(C)(C=O)C1(O)C(=O)c2cccc3cccc1c23. The van der Waals surface area contributed by atoms with Crippen molar-refractivity contribution in [3.63, 3.8) is 0 Å². The molecule has 0 spiro atoms. The Morgan fingerprint density at radius 1 is 1.16 bits per heavy atom. The van der Waals surface area contributed by atoms with Gasteiger partial charge < -0.3 is 9.90 Å². The van der Waals surface area contributed by atoms with Gasteiger partial charge in [0.15, 0.2) is 5.60 Å². The molecule has 1 unspecified atom stereocenters. The van der Waals surface area contributed by atoms with Crippen LogP contribution in [0.15, 0.2) is 36.4 Å². The second kappa shape index (κ2) is 3.52. The van der Waals surface area contributed by atoms with E-state index in [1.54, 1.807) is 38.1 Å². The van der Waals surface area contributed by atoms with Crippen molar-refractivity contribution in [2.24, 2.45) is 5.41 Å². The summed E-state index contributed by atoms with van der Waals surface area (Å²) in [6.07, 6.45) is 0.648. The Morgan fingerprint density at radius 2 is 1.79 bits per heavy atom. The van der Waals surface area contributed by atoms with Crippen LogP contribution in [0.1, 0.15) is 29.8 Å². The van der Waals surface area contributed by atoms with Crippen LogP contribution in [0.4, 0.5) is 0 Å². The van der Waals surface area contributed by atoms with E-state index in [-0.39, 0.29) is 0 Å². The first-order valence-electron chi connectivity index (χ1n) is 6.19. The molecule has 3 nitrogen and oxygen atoms in total. The summed E-state index contributed by atoms with van der Waals surface area (Å²) in [4.78, 5) is 23.9. The number of rotatable bonds is 2. The van der Waals surface area contributed by atoms with Crippen molar-refractivity contribution >= 4 is 22.8 Å². The van der Waals surface area contributed by atoms with E-state index in [0.717, 1.165) is 10.8 Å². The van der Waals surface area contributed by atoms with E-state index in [9.17, 15) is 14.7 Å². The molecule has 1 atom stereocenters. The van der Waals surface area contributed by atoms with E-state index in [0.29, 0.717) is 17.4 Å². The molecular weight excluding hydrogens is 240 g/mol. The molecule has 0 saturated carbocycles. The molecule has 0 fully saturated rings. The number of ketones is 1. The molecule has 0 heterocycles. The minimum atomic E-state index is -1.78. The zero-order chi connectivity index (χ0) is 13.8. The molecule has 3 heteroatoms.